The van der Waals surface area contributed by atoms with E-state index in [0.717, 1.165) is 50.9 Å². The third kappa shape index (κ3) is 13.2. The molecule has 0 aromatic carbocycles. The summed E-state index contributed by atoms with van der Waals surface area (Å²) in [6.45, 7) is 4.00. The van der Waals surface area contributed by atoms with Crippen LogP contribution in [0.4, 0.5) is 0 Å². The Balaban J connectivity index is 3.17. The lowest BCUT2D eigenvalue weighted by atomic mass is 10.1. The highest BCUT2D eigenvalue weighted by atomic mass is 32.2. The molecule has 0 saturated carbocycles. The predicted molar refractivity (Wildman–Crippen MR) is 69.7 cm³/mol. The molecule has 0 atom stereocenters. The SMILES string of the molecule is C=CC(=O)OCCCCCCCCOS(C)(=O)=O. The largest absolute Gasteiger partial charge is 0.463 e. The summed E-state index contributed by atoms with van der Waals surface area (Å²) in [5, 5.41) is 0. The summed E-state index contributed by atoms with van der Waals surface area (Å²) in [4.78, 5) is 10.7. The van der Waals surface area contributed by atoms with Gasteiger partial charge in [-0.05, 0) is 12.8 Å². The van der Waals surface area contributed by atoms with Gasteiger partial charge in [-0.1, -0.05) is 32.3 Å². The monoisotopic (exact) mass is 278 g/mol. The van der Waals surface area contributed by atoms with Crippen molar-refractivity contribution in [3.05, 3.63) is 12.7 Å². The number of unbranched alkanes of at least 4 members (excludes halogenated alkanes) is 5. The van der Waals surface area contributed by atoms with Gasteiger partial charge >= 0.3 is 5.97 Å². The fraction of sp³-hybridized carbons (Fsp3) is 0.750. The third-order valence-corrected chi connectivity index (χ3v) is 2.84. The van der Waals surface area contributed by atoms with Crippen molar-refractivity contribution in [2.75, 3.05) is 19.5 Å². The first-order valence-corrected chi connectivity index (χ1v) is 7.91. The van der Waals surface area contributed by atoms with Crippen LogP contribution < -0.4 is 0 Å². The van der Waals surface area contributed by atoms with Gasteiger partial charge in [0, 0.05) is 6.08 Å². The number of rotatable bonds is 11. The number of esters is 1. The van der Waals surface area contributed by atoms with E-state index in [9.17, 15) is 13.2 Å². The van der Waals surface area contributed by atoms with Crippen molar-refractivity contribution in [2.24, 2.45) is 0 Å². The summed E-state index contributed by atoms with van der Waals surface area (Å²) in [5.41, 5.74) is 0. The molecule has 0 heterocycles. The van der Waals surface area contributed by atoms with Crippen molar-refractivity contribution < 1.29 is 22.1 Å². The van der Waals surface area contributed by atoms with Crippen molar-refractivity contribution in [3.63, 3.8) is 0 Å². The summed E-state index contributed by atoms with van der Waals surface area (Å²) >= 11 is 0. The van der Waals surface area contributed by atoms with E-state index in [1.54, 1.807) is 0 Å². The smallest absolute Gasteiger partial charge is 0.330 e. The van der Waals surface area contributed by atoms with E-state index < -0.39 is 10.1 Å². The van der Waals surface area contributed by atoms with Crippen LogP contribution in [-0.4, -0.2) is 33.9 Å². The highest BCUT2D eigenvalue weighted by Crippen LogP contribution is 2.06. The van der Waals surface area contributed by atoms with Crippen LogP contribution in [0.1, 0.15) is 38.5 Å². The number of ether oxygens (including phenoxy) is 1. The second kappa shape index (κ2) is 10.1. The maximum atomic E-state index is 10.7. The molecular formula is C12H22O5S. The molecule has 0 fully saturated rings. The lowest BCUT2D eigenvalue weighted by Crippen LogP contribution is -2.04. The van der Waals surface area contributed by atoms with E-state index in [1.165, 1.54) is 0 Å². The van der Waals surface area contributed by atoms with Crippen molar-refractivity contribution in [3.8, 4) is 0 Å². The summed E-state index contributed by atoms with van der Waals surface area (Å²) < 4.78 is 30.7. The highest BCUT2D eigenvalue weighted by molar-refractivity contribution is 7.85. The fourth-order valence-corrected chi connectivity index (χ4v) is 1.77. The van der Waals surface area contributed by atoms with Crippen LogP contribution in [0.3, 0.4) is 0 Å². The molecule has 0 aromatic heterocycles. The van der Waals surface area contributed by atoms with Gasteiger partial charge in [0.05, 0.1) is 19.5 Å². The average molecular weight is 278 g/mol. The fourth-order valence-electron chi connectivity index (χ4n) is 1.35. The molecule has 5 nitrogen and oxygen atoms in total. The summed E-state index contributed by atoms with van der Waals surface area (Å²) in [6, 6.07) is 0. The van der Waals surface area contributed by atoms with Crippen LogP contribution >= 0.6 is 0 Å². The zero-order valence-corrected chi connectivity index (χ0v) is 11.7. The molecule has 0 N–H and O–H groups in total. The normalized spacial score (nSPS) is 11.2. The maximum absolute atomic E-state index is 10.7. The Kier molecular flexibility index (Phi) is 9.59. The molecule has 0 aliphatic heterocycles. The minimum Gasteiger partial charge on any atom is -0.463 e. The Bertz CT molecular complexity index is 334. The number of carbonyl (C=O) groups is 1. The number of hydrogen-bond acceptors (Lipinski definition) is 5. The van der Waals surface area contributed by atoms with E-state index in [-0.39, 0.29) is 12.6 Å². The summed E-state index contributed by atoms with van der Waals surface area (Å²) in [5.74, 6) is -0.382. The second-order valence-electron chi connectivity index (χ2n) is 4.02. The molecule has 0 saturated heterocycles. The lowest BCUT2D eigenvalue weighted by molar-refractivity contribution is -0.137. The Morgan fingerprint density at radius 1 is 1.06 bits per heavy atom. The first-order chi connectivity index (χ1) is 8.45. The molecular weight excluding hydrogens is 256 g/mol. The molecule has 0 amide bonds. The molecule has 6 heteroatoms. The van der Waals surface area contributed by atoms with E-state index in [0.29, 0.717) is 6.61 Å². The topological polar surface area (TPSA) is 69.7 Å². The first kappa shape index (κ1) is 17.1. The Morgan fingerprint density at radius 3 is 2.06 bits per heavy atom. The van der Waals surface area contributed by atoms with Gasteiger partial charge in [0.15, 0.2) is 0 Å². The number of carbonyl (C=O) groups excluding carboxylic acids is 1. The molecule has 0 aliphatic rings. The Labute approximate surface area is 109 Å². The van der Waals surface area contributed by atoms with E-state index in [4.69, 9.17) is 4.74 Å². The molecule has 0 aromatic rings. The van der Waals surface area contributed by atoms with Gasteiger partial charge in [-0.2, -0.15) is 8.42 Å². The maximum Gasteiger partial charge on any atom is 0.330 e. The van der Waals surface area contributed by atoms with Crippen LogP contribution in [0.5, 0.6) is 0 Å². The highest BCUT2D eigenvalue weighted by Gasteiger charge is 2.00. The van der Waals surface area contributed by atoms with Gasteiger partial charge in [-0.3, -0.25) is 4.18 Å². The molecule has 0 rings (SSSR count). The van der Waals surface area contributed by atoms with Crippen LogP contribution in [0.2, 0.25) is 0 Å². The van der Waals surface area contributed by atoms with Crippen molar-refractivity contribution in [2.45, 2.75) is 38.5 Å². The van der Waals surface area contributed by atoms with Crippen molar-refractivity contribution >= 4 is 16.1 Å². The van der Waals surface area contributed by atoms with Gasteiger partial charge < -0.3 is 4.74 Å². The van der Waals surface area contributed by atoms with E-state index in [2.05, 4.69) is 10.8 Å². The quantitative estimate of drug-likeness (QED) is 0.250. The van der Waals surface area contributed by atoms with Gasteiger partial charge in [0.25, 0.3) is 10.1 Å². The zero-order valence-electron chi connectivity index (χ0n) is 10.9. The first-order valence-electron chi connectivity index (χ1n) is 6.09. The Morgan fingerprint density at radius 2 is 1.56 bits per heavy atom. The zero-order chi connectivity index (χ0) is 13.9. The third-order valence-electron chi connectivity index (χ3n) is 2.25. The van der Waals surface area contributed by atoms with Crippen LogP contribution in [0, 0.1) is 0 Å². The second-order valence-corrected chi connectivity index (χ2v) is 5.66. The van der Waals surface area contributed by atoms with Crippen LogP contribution in [0.15, 0.2) is 12.7 Å². The number of hydrogen-bond donors (Lipinski definition) is 0. The summed E-state index contributed by atoms with van der Waals surface area (Å²) in [6.07, 6.45) is 7.82. The molecule has 0 radical (unpaired) electrons. The van der Waals surface area contributed by atoms with Crippen LogP contribution in [-0.2, 0) is 23.8 Å². The van der Waals surface area contributed by atoms with Crippen molar-refractivity contribution in [1.29, 1.82) is 0 Å². The molecule has 0 aliphatic carbocycles. The van der Waals surface area contributed by atoms with Gasteiger partial charge in [0.2, 0.25) is 0 Å². The standard InChI is InChI=1S/C12H22O5S/c1-3-12(13)16-10-8-6-4-5-7-9-11-17-18(2,14)15/h3H,1,4-11H2,2H3. The minimum absolute atomic E-state index is 0.260. The molecule has 106 valence electrons. The van der Waals surface area contributed by atoms with Gasteiger partial charge in [-0.15, -0.1) is 0 Å². The molecule has 0 bridgehead atoms. The van der Waals surface area contributed by atoms with Crippen LogP contribution in [0.25, 0.3) is 0 Å². The molecule has 0 spiro atoms. The minimum atomic E-state index is -3.30. The van der Waals surface area contributed by atoms with Gasteiger partial charge in [0.1, 0.15) is 0 Å². The van der Waals surface area contributed by atoms with E-state index in [1.807, 2.05) is 0 Å². The average Bonchev–Trinajstić information content (AvgIpc) is 2.29. The van der Waals surface area contributed by atoms with Gasteiger partial charge in [-0.25, -0.2) is 4.79 Å². The lowest BCUT2D eigenvalue weighted by Gasteiger charge is -2.03. The molecule has 18 heavy (non-hydrogen) atoms. The van der Waals surface area contributed by atoms with E-state index >= 15 is 0 Å². The molecule has 0 unspecified atom stereocenters. The summed E-state index contributed by atoms with van der Waals surface area (Å²) in [7, 11) is -3.30. The Hall–Kier alpha value is -0.880. The predicted octanol–water partition coefficient (Wildman–Crippen LogP) is 2.03. The van der Waals surface area contributed by atoms with Crippen molar-refractivity contribution in [1.82, 2.24) is 0 Å².